The van der Waals surface area contributed by atoms with Gasteiger partial charge in [0.2, 0.25) is 0 Å². The van der Waals surface area contributed by atoms with Crippen molar-refractivity contribution in [1.82, 2.24) is 0 Å². The third-order valence-corrected chi connectivity index (χ3v) is 4.04. The van der Waals surface area contributed by atoms with Crippen LogP contribution < -0.4 is 0 Å². The van der Waals surface area contributed by atoms with Crippen molar-refractivity contribution in [3.05, 3.63) is 68.8 Å². The first kappa shape index (κ1) is 18.2. The van der Waals surface area contributed by atoms with Gasteiger partial charge in [-0.05, 0) is 66.3 Å². The minimum Gasteiger partial charge on any atom is -0.506 e. The Balaban J connectivity index is 2.44. The first-order chi connectivity index (χ1) is 11.5. The Morgan fingerprint density at radius 2 is 1.88 bits per heavy atom. The highest BCUT2D eigenvalue weighted by atomic mass is 127. The van der Waals surface area contributed by atoms with Gasteiger partial charge in [0.15, 0.2) is 0 Å². The number of ether oxygens (including phenoxy) is 1. The van der Waals surface area contributed by atoms with Crippen LogP contribution in [0.3, 0.4) is 0 Å². The highest BCUT2D eigenvalue weighted by Gasteiger charge is 2.17. The number of aliphatic hydroxyl groups excluding tert-OH is 1. The Morgan fingerprint density at radius 1 is 1.21 bits per heavy atom. The number of aliphatic imine (C=N–C) groups is 1. The second-order valence-corrected chi connectivity index (χ2v) is 6.28. The van der Waals surface area contributed by atoms with Gasteiger partial charge in [-0.25, -0.2) is 4.79 Å². The van der Waals surface area contributed by atoms with E-state index in [0.717, 1.165) is 9.13 Å². The zero-order chi connectivity index (χ0) is 17.5. The predicted octanol–water partition coefficient (Wildman–Crippen LogP) is 4.83. The highest BCUT2D eigenvalue weighted by molar-refractivity contribution is 14.1. The lowest BCUT2D eigenvalue weighted by molar-refractivity contribution is -0.137. The number of carbonyl (C=O) groups excluding carboxylic acids is 1. The van der Waals surface area contributed by atoms with Crippen LogP contribution in [0.1, 0.15) is 18.1 Å². The number of rotatable bonds is 5. The standard InChI is InChI=1S/C19H18INO3/c1-3-24-19(23)17(12-21-15-10-8-14(20)9-11-15)18(22)16-7-5-4-6-13(16)2/h4-12,22H,3H2,1-2H3/b18-17+,21-12?. The van der Waals surface area contributed by atoms with Crippen LogP contribution in [0.25, 0.3) is 5.76 Å². The molecule has 0 radical (unpaired) electrons. The molecule has 124 valence electrons. The first-order valence-corrected chi connectivity index (χ1v) is 8.56. The number of aryl methyl sites for hydroxylation is 1. The molecule has 2 aromatic rings. The lowest BCUT2D eigenvalue weighted by atomic mass is 10.0. The summed E-state index contributed by atoms with van der Waals surface area (Å²) in [6.45, 7) is 3.81. The van der Waals surface area contributed by atoms with Crippen LogP contribution in [0.2, 0.25) is 0 Å². The second kappa shape index (κ2) is 8.63. The van der Waals surface area contributed by atoms with E-state index in [1.54, 1.807) is 19.1 Å². The molecule has 0 spiro atoms. The monoisotopic (exact) mass is 435 g/mol. The van der Waals surface area contributed by atoms with E-state index < -0.39 is 5.97 Å². The van der Waals surface area contributed by atoms with Gasteiger partial charge in [0.05, 0.1) is 12.3 Å². The zero-order valence-corrected chi connectivity index (χ0v) is 15.6. The molecule has 0 saturated carbocycles. The van der Waals surface area contributed by atoms with Crippen molar-refractivity contribution in [3.8, 4) is 0 Å². The Labute approximate surface area is 155 Å². The molecule has 24 heavy (non-hydrogen) atoms. The Bertz CT molecular complexity index is 779. The normalized spacial score (nSPS) is 12.1. The van der Waals surface area contributed by atoms with E-state index in [-0.39, 0.29) is 17.9 Å². The van der Waals surface area contributed by atoms with Gasteiger partial charge >= 0.3 is 5.97 Å². The number of hydrogen-bond donors (Lipinski definition) is 1. The van der Waals surface area contributed by atoms with E-state index in [2.05, 4.69) is 27.6 Å². The second-order valence-electron chi connectivity index (χ2n) is 5.03. The summed E-state index contributed by atoms with van der Waals surface area (Å²) in [7, 11) is 0. The van der Waals surface area contributed by atoms with E-state index in [1.165, 1.54) is 6.21 Å². The molecular weight excluding hydrogens is 417 g/mol. The summed E-state index contributed by atoms with van der Waals surface area (Å²) < 4.78 is 6.14. The van der Waals surface area contributed by atoms with Gasteiger partial charge in [0, 0.05) is 15.3 Å². The fourth-order valence-electron chi connectivity index (χ4n) is 2.07. The van der Waals surface area contributed by atoms with Crippen molar-refractivity contribution < 1.29 is 14.6 Å². The third-order valence-electron chi connectivity index (χ3n) is 3.32. The summed E-state index contributed by atoms with van der Waals surface area (Å²) in [5.41, 5.74) is 2.16. The van der Waals surface area contributed by atoms with Crippen molar-refractivity contribution in [3.63, 3.8) is 0 Å². The molecule has 0 saturated heterocycles. The molecule has 0 heterocycles. The molecule has 0 fully saturated rings. The molecule has 0 aromatic heterocycles. The third kappa shape index (κ3) is 4.67. The van der Waals surface area contributed by atoms with Crippen LogP contribution in [0.15, 0.2) is 59.1 Å². The SMILES string of the molecule is CCOC(=O)/C(C=Nc1ccc(I)cc1)=C(/O)c1ccccc1C. The maximum atomic E-state index is 12.2. The maximum Gasteiger partial charge on any atom is 0.343 e. The minimum absolute atomic E-state index is 0.0321. The fraction of sp³-hybridized carbons (Fsp3) is 0.158. The number of halogens is 1. The molecule has 1 N–H and O–H groups in total. The molecular formula is C19H18INO3. The number of nitrogens with zero attached hydrogens (tertiary/aromatic N) is 1. The summed E-state index contributed by atoms with van der Waals surface area (Å²) in [6, 6.07) is 14.8. The summed E-state index contributed by atoms with van der Waals surface area (Å²) in [5.74, 6) is -0.742. The molecule has 2 rings (SSSR count). The molecule has 0 aliphatic carbocycles. The van der Waals surface area contributed by atoms with E-state index in [0.29, 0.717) is 11.3 Å². The predicted molar refractivity (Wildman–Crippen MR) is 105 cm³/mol. The lowest BCUT2D eigenvalue weighted by Gasteiger charge is -2.09. The van der Waals surface area contributed by atoms with Crippen molar-refractivity contribution in [2.75, 3.05) is 6.61 Å². The quantitative estimate of drug-likeness (QED) is 0.241. The maximum absolute atomic E-state index is 12.2. The summed E-state index contributed by atoms with van der Waals surface area (Å²) in [4.78, 5) is 16.5. The molecule has 0 aliphatic rings. The molecule has 5 heteroatoms. The molecule has 0 bridgehead atoms. The van der Waals surface area contributed by atoms with Crippen LogP contribution in [0, 0.1) is 10.5 Å². The highest BCUT2D eigenvalue weighted by Crippen LogP contribution is 2.21. The van der Waals surface area contributed by atoms with Crippen LogP contribution in [-0.4, -0.2) is 23.9 Å². The molecule has 4 nitrogen and oxygen atoms in total. The summed E-state index contributed by atoms with van der Waals surface area (Å²) >= 11 is 2.21. The first-order valence-electron chi connectivity index (χ1n) is 7.49. The van der Waals surface area contributed by atoms with Crippen LogP contribution in [0.4, 0.5) is 5.69 Å². The van der Waals surface area contributed by atoms with E-state index in [1.807, 2.05) is 43.3 Å². The van der Waals surface area contributed by atoms with Gasteiger partial charge in [0.1, 0.15) is 11.3 Å². The minimum atomic E-state index is -0.604. The van der Waals surface area contributed by atoms with Gasteiger partial charge in [-0.15, -0.1) is 0 Å². The lowest BCUT2D eigenvalue weighted by Crippen LogP contribution is -2.11. The van der Waals surface area contributed by atoms with E-state index in [9.17, 15) is 9.90 Å². The largest absolute Gasteiger partial charge is 0.506 e. The molecule has 0 amide bonds. The van der Waals surface area contributed by atoms with Crippen molar-refractivity contribution in [1.29, 1.82) is 0 Å². The number of esters is 1. The number of aliphatic hydroxyl groups is 1. The van der Waals surface area contributed by atoms with E-state index in [4.69, 9.17) is 4.74 Å². The Kier molecular flexibility index (Phi) is 6.54. The number of hydrogen-bond acceptors (Lipinski definition) is 4. The fourth-order valence-corrected chi connectivity index (χ4v) is 2.43. The van der Waals surface area contributed by atoms with Crippen molar-refractivity contribution in [2.45, 2.75) is 13.8 Å². The van der Waals surface area contributed by atoms with Crippen LogP contribution in [0.5, 0.6) is 0 Å². The number of benzene rings is 2. The Hall–Kier alpha value is -2.15. The molecule has 0 atom stereocenters. The van der Waals surface area contributed by atoms with Gasteiger partial charge in [0.25, 0.3) is 0 Å². The van der Waals surface area contributed by atoms with Crippen LogP contribution >= 0.6 is 22.6 Å². The Morgan fingerprint density at radius 3 is 2.50 bits per heavy atom. The van der Waals surface area contributed by atoms with Gasteiger partial charge in [-0.2, -0.15) is 0 Å². The zero-order valence-electron chi connectivity index (χ0n) is 13.5. The van der Waals surface area contributed by atoms with Crippen molar-refractivity contribution in [2.24, 2.45) is 4.99 Å². The summed E-state index contributed by atoms with van der Waals surface area (Å²) in [5, 5.41) is 10.6. The van der Waals surface area contributed by atoms with Crippen molar-refractivity contribution >= 4 is 46.2 Å². The smallest absolute Gasteiger partial charge is 0.343 e. The van der Waals surface area contributed by atoms with Gasteiger partial charge in [-0.3, -0.25) is 4.99 Å². The molecule has 0 unspecified atom stereocenters. The average Bonchev–Trinajstić information content (AvgIpc) is 2.57. The molecule has 0 aliphatic heterocycles. The molecule has 2 aromatic carbocycles. The topological polar surface area (TPSA) is 58.9 Å². The van der Waals surface area contributed by atoms with Gasteiger partial charge in [-0.1, -0.05) is 24.3 Å². The van der Waals surface area contributed by atoms with Crippen LogP contribution in [-0.2, 0) is 9.53 Å². The average molecular weight is 435 g/mol. The van der Waals surface area contributed by atoms with Gasteiger partial charge < -0.3 is 9.84 Å². The van der Waals surface area contributed by atoms with E-state index >= 15 is 0 Å². The number of carbonyl (C=O) groups is 1. The summed E-state index contributed by atoms with van der Waals surface area (Å²) in [6.07, 6.45) is 1.35.